The summed E-state index contributed by atoms with van der Waals surface area (Å²) in [7, 11) is 0. The quantitative estimate of drug-likeness (QED) is 0.390. The Bertz CT molecular complexity index is 1020. The second-order valence-electron chi connectivity index (χ2n) is 8.17. The second kappa shape index (κ2) is 9.82. The van der Waals surface area contributed by atoms with Gasteiger partial charge in [-0.3, -0.25) is 19.2 Å². The van der Waals surface area contributed by atoms with Gasteiger partial charge in [0.15, 0.2) is 0 Å². The molecule has 172 valence electrons. The average molecular weight is 444 g/mol. The van der Waals surface area contributed by atoms with Crippen LogP contribution in [0, 0.1) is 0 Å². The molecule has 1 fully saturated rings. The van der Waals surface area contributed by atoms with Gasteiger partial charge in [-0.05, 0) is 38.3 Å². The average Bonchev–Trinajstić information content (AvgIpc) is 3.40. The Morgan fingerprint density at radius 3 is 2.62 bits per heavy atom. The highest BCUT2D eigenvalue weighted by molar-refractivity contribution is 5.95. The van der Waals surface area contributed by atoms with Crippen molar-refractivity contribution in [3.05, 3.63) is 36.0 Å². The van der Waals surface area contributed by atoms with Crippen molar-refractivity contribution in [2.75, 3.05) is 6.54 Å². The van der Waals surface area contributed by atoms with E-state index in [1.54, 1.807) is 13.1 Å². The number of nitrogens with zero attached hydrogens (tertiary/aromatic N) is 1. The van der Waals surface area contributed by atoms with Gasteiger partial charge >= 0.3 is 5.97 Å². The third kappa shape index (κ3) is 5.08. The molecule has 0 radical (unpaired) electrons. The molecule has 32 heavy (non-hydrogen) atoms. The normalized spacial score (nSPS) is 18.7. The number of aromatic nitrogens is 1. The van der Waals surface area contributed by atoms with Gasteiger partial charge in [-0.2, -0.15) is 0 Å². The molecule has 3 rings (SSSR count). The van der Waals surface area contributed by atoms with Gasteiger partial charge in [0.1, 0.15) is 18.1 Å². The van der Waals surface area contributed by atoms with Crippen molar-refractivity contribution in [1.82, 2.24) is 20.5 Å². The Labute approximate surface area is 185 Å². The van der Waals surface area contributed by atoms with Crippen LogP contribution in [0.25, 0.3) is 10.9 Å². The summed E-state index contributed by atoms with van der Waals surface area (Å²) in [5.74, 6) is -2.57. The fraction of sp³-hybridized carbons (Fsp3) is 0.455. The molecule has 1 saturated heterocycles. The number of rotatable bonds is 8. The molecule has 1 aliphatic heterocycles. The van der Waals surface area contributed by atoms with Gasteiger partial charge in [0.2, 0.25) is 17.7 Å². The van der Waals surface area contributed by atoms with Crippen molar-refractivity contribution in [3.8, 4) is 0 Å². The van der Waals surface area contributed by atoms with Crippen LogP contribution in [0.1, 0.15) is 32.3 Å². The first-order valence-corrected chi connectivity index (χ1v) is 10.6. The molecular formula is C22H29N5O5. The molecule has 0 saturated carbocycles. The number of aromatic amines is 1. The predicted molar refractivity (Wildman–Crippen MR) is 118 cm³/mol. The minimum Gasteiger partial charge on any atom is -0.480 e. The second-order valence-corrected chi connectivity index (χ2v) is 8.17. The number of hydrogen-bond acceptors (Lipinski definition) is 5. The van der Waals surface area contributed by atoms with Crippen molar-refractivity contribution in [2.24, 2.45) is 5.73 Å². The van der Waals surface area contributed by atoms with Gasteiger partial charge in [-0.15, -0.1) is 0 Å². The largest absolute Gasteiger partial charge is 0.480 e. The van der Waals surface area contributed by atoms with E-state index in [1.807, 2.05) is 24.3 Å². The summed E-state index contributed by atoms with van der Waals surface area (Å²) in [5.41, 5.74) is 7.40. The number of H-pyrrole nitrogens is 1. The highest BCUT2D eigenvalue weighted by Gasteiger charge is 2.37. The van der Waals surface area contributed by atoms with Gasteiger partial charge in [-0.1, -0.05) is 18.2 Å². The Morgan fingerprint density at radius 2 is 1.94 bits per heavy atom. The van der Waals surface area contributed by atoms with E-state index in [0.717, 1.165) is 16.5 Å². The van der Waals surface area contributed by atoms with E-state index in [2.05, 4.69) is 15.6 Å². The van der Waals surface area contributed by atoms with E-state index < -0.39 is 42.0 Å². The predicted octanol–water partition coefficient (Wildman–Crippen LogP) is 0.123. The third-order valence-corrected chi connectivity index (χ3v) is 5.69. The molecule has 2 aromatic rings. The summed E-state index contributed by atoms with van der Waals surface area (Å²) in [6.45, 7) is 3.34. The number of fused-ring (bicyclic) bond motifs is 1. The van der Waals surface area contributed by atoms with E-state index in [1.165, 1.54) is 11.8 Å². The van der Waals surface area contributed by atoms with Gasteiger partial charge in [-0.25, -0.2) is 0 Å². The number of nitrogens with two attached hydrogens (primary N) is 1. The monoisotopic (exact) mass is 443 g/mol. The molecule has 4 unspecified atom stereocenters. The smallest absolute Gasteiger partial charge is 0.325 e. The van der Waals surface area contributed by atoms with Crippen LogP contribution in [0.5, 0.6) is 0 Å². The zero-order chi connectivity index (χ0) is 23.4. The van der Waals surface area contributed by atoms with Crippen LogP contribution in [0.4, 0.5) is 0 Å². The van der Waals surface area contributed by atoms with E-state index in [4.69, 9.17) is 10.8 Å². The lowest BCUT2D eigenvalue weighted by molar-refractivity contribution is -0.142. The summed E-state index contributed by atoms with van der Waals surface area (Å²) in [5, 5.41) is 15.2. The van der Waals surface area contributed by atoms with Crippen LogP contribution in [-0.4, -0.2) is 69.4 Å². The molecule has 1 aromatic heterocycles. The lowest BCUT2D eigenvalue weighted by Gasteiger charge is -2.27. The topological polar surface area (TPSA) is 158 Å². The first-order valence-electron chi connectivity index (χ1n) is 10.6. The van der Waals surface area contributed by atoms with Gasteiger partial charge < -0.3 is 31.4 Å². The molecule has 1 aliphatic rings. The minimum absolute atomic E-state index is 0.155. The molecule has 0 bridgehead atoms. The molecule has 0 aliphatic carbocycles. The van der Waals surface area contributed by atoms with Crippen molar-refractivity contribution in [2.45, 2.75) is 57.3 Å². The number of benzene rings is 1. The Hall–Kier alpha value is -3.40. The molecule has 0 spiro atoms. The highest BCUT2D eigenvalue weighted by Crippen LogP contribution is 2.21. The number of likely N-dealkylation sites (tertiary alicyclic amines) is 1. The van der Waals surface area contributed by atoms with Gasteiger partial charge in [0.05, 0.1) is 6.04 Å². The van der Waals surface area contributed by atoms with E-state index in [9.17, 15) is 19.2 Å². The third-order valence-electron chi connectivity index (χ3n) is 5.69. The number of carbonyl (C=O) groups is 4. The maximum Gasteiger partial charge on any atom is 0.325 e. The molecule has 10 nitrogen and oxygen atoms in total. The fourth-order valence-electron chi connectivity index (χ4n) is 3.94. The van der Waals surface area contributed by atoms with Crippen molar-refractivity contribution < 1.29 is 24.3 Å². The number of hydrogen-bond donors (Lipinski definition) is 5. The minimum atomic E-state index is -1.18. The standard InChI is InChI=1S/C22H29N5O5/c1-12(23)21(30)27-9-5-8-18(27)20(29)26-17(19(28)25-13(2)22(31)32)10-14-11-24-16-7-4-3-6-15(14)16/h3-4,6-7,11-13,17-18,24H,5,8-10,23H2,1-2H3,(H,25,28)(H,26,29)(H,31,32). The molecule has 3 amide bonds. The molecule has 2 heterocycles. The van der Waals surface area contributed by atoms with Crippen LogP contribution in [0.2, 0.25) is 0 Å². The summed E-state index contributed by atoms with van der Waals surface area (Å²) in [6.07, 6.45) is 3.05. The van der Waals surface area contributed by atoms with E-state index >= 15 is 0 Å². The summed E-state index contributed by atoms with van der Waals surface area (Å²) < 4.78 is 0. The van der Waals surface area contributed by atoms with Gasteiger partial charge in [0.25, 0.3) is 0 Å². The van der Waals surface area contributed by atoms with E-state index in [0.29, 0.717) is 19.4 Å². The number of carboxylic acid groups (broad SMARTS) is 1. The van der Waals surface area contributed by atoms with Crippen molar-refractivity contribution in [3.63, 3.8) is 0 Å². The molecule has 4 atom stereocenters. The summed E-state index contributed by atoms with van der Waals surface area (Å²) in [6, 6.07) is 3.97. The Morgan fingerprint density at radius 1 is 1.22 bits per heavy atom. The Balaban J connectivity index is 1.81. The fourth-order valence-corrected chi connectivity index (χ4v) is 3.94. The number of aliphatic carboxylic acids is 1. The maximum atomic E-state index is 13.1. The molecule has 10 heteroatoms. The number of para-hydroxylation sites is 1. The molecule has 1 aromatic carbocycles. The first-order chi connectivity index (χ1) is 15.2. The number of amides is 3. The molecule has 6 N–H and O–H groups in total. The van der Waals surface area contributed by atoms with Crippen LogP contribution < -0.4 is 16.4 Å². The van der Waals surface area contributed by atoms with E-state index in [-0.39, 0.29) is 12.3 Å². The summed E-state index contributed by atoms with van der Waals surface area (Å²) in [4.78, 5) is 54.1. The lowest BCUT2D eigenvalue weighted by atomic mass is 10.0. The molecular weight excluding hydrogens is 414 g/mol. The zero-order valence-electron chi connectivity index (χ0n) is 18.1. The Kier molecular flexibility index (Phi) is 7.14. The number of nitrogens with one attached hydrogen (secondary N) is 3. The highest BCUT2D eigenvalue weighted by atomic mass is 16.4. The first kappa shape index (κ1) is 23.3. The van der Waals surface area contributed by atoms with Gasteiger partial charge in [0, 0.05) is 30.1 Å². The van der Waals surface area contributed by atoms with Crippen LogP contribution in [0.15, 0.2) is 30.5 Å². The lowest BCUT2D eigenvalue weighted by Crippen LogP contribution is -2.56. The van der Waals surface area contributed by atoms with Crippen LogP contribution >= 0.6 is 0 Å². The van der Waals surface area contributed by atoms with Crippen LogP contribution in [-0.2, 0) is 25.6 Å². The van der Waals surface area contributed by atoms with Crippen molar-refractivity contribution >= 4 is 34.6 Å². The van der Waals surface area contributed by atoms with Crippen LogP contribution in [0.3, 0.4) is 0 Å². The zero-order valence-corrected chi connectivity index (χ0v) is 18.1. The van der Waals surface area contributed by atoms with Crippen molar-refractivity contribution in [1.29, 1.82) is 0 Å². The number of carbonyl (C=O) groups excluding carboxylic acids is 3. The number of carboxylic acids is 1. The summed E-state index contributed by atoms with van der Waals surface area (Å²) >= 11 is 0. The SMILES string of the molecule is CC(N)C(=O)N1CCCC1C(=O)NC(Cc1c[nH]c2ccccc12)C(=O)NC(C)C(=O)O. The maximum absolute atomic E-state index is 13.1.